The third-order valence-electron chi connectivity index (χ3n) is 7.70. The summed E-state index contributed by atoms with van der Waals surface area (Å²) in [6.07, 6.45) is 6.33. The number of rotatable bonds is 8. The fraction of sp³-hybridized carbons (Fsp3) is 0.552. The van der Waals surface area contributed by atoms with Gasteiger partial charge < -0.3 is 9.80 Å². The van der Waals surface area contributed by atoms with E-state index in [1.54, 1.807) is 23.1 Å². The molecule has 6 heteroatoms. The van der Waals surface area contributed by atoms with E-state index in [2.05, 4.69) is 23.8 Å². The second-order valence-corrected chi connectivity index (χ2v) is 10.3. The van der Waals surface area contributed by atoms with Crippen LogP contribution in [0.5, 0.6) is 0 Å². The number of carbonyl (C=O) groups excluding carboxylic acids is 1. The van der Waals surface area contributed by atoms with Crippen LogP contribution < -0.4 is 4.90 Å². The molecule has 1 fully saturated rings. The minimum atomic E-state index is -0.338. The third kappa shape index (κ3) is 6.68. The molecule has 0 saturated carbocycles. The van der Waals surface area contributed by atoms with Gasteiger partial charge >= 0.3 is 0 Å². The van der Waals surface area contributed by atoms with Crippen LogP contribution in [-0.2, 0) is 4.79 Å². The Balaban J connectivity index is 1.41. The molecule has 0 N–H and O–H groups in total. The minimum Gasteiger partial charge on any atom is -0.311 e. The molecule has 1 atom stereocenters. The predicted molar refractivity (Wildman–Crippen MR) is 138 cm³/mol. The van der Waals surface area contributed by atoms with Crippen molar-refractivity contribution in [1.82, 2.24) is 9.80 Å². The van der Waals surface area contributed by atoms with Crippen LogP contribution in [-0.4, -0.2) is 62.0 Å². The zero-order valence-electron chi connectivity index (χ0n) is 21.2. The van der Waals surface area contributed by atoms with Gasteiger partial charge in [0, 0.05) is 12.5 Å². The summed E-state index contributed by atoms with van der Waals surface area (Å²) in [5.74, 6) is 0.180. The Hall–Kier alpha value is -2.31. The number of anilines is 1. The van der Waals surface area contributed by atoms with Gasteiger partial charge in [0.05, 0.1) is 12.2 Å². The first-order chi connectivity index (χ1) is 16.9. The number of nitrogens with zero attached hydrogens (tertiary/aromatic N) is 3. The van der Waals surface area contributed by atoms with E-state index < -0.39 is 0 Å². The van der Waals surface area contributed by atoms with E-state index in [0.717, 1.165) is 68.9 Å². The Labute approximate surface area is 208 Å². The number of halogens is 2. The normalized spacial score (nSPS) is 19.6. The van der Waals surface area contributed by atoms with Crippen LogP contribution in [0.3, 0.4) is 0 Å². The predicted octanol–water partition coefficient (Wildman–Crippen LogP) is 5.67. The molecule has 35 heavy (non-hydrogen) atoms. The Morgan fingerprint density at radius 3 is 2.40 bits per heavy atom. The summed E-state index contributed by atoms with van der Waals surface area (Å²) in [5, 5.41) is 0. The van der Waals surface area contributed by atoms with Crippen molar-refractivity contribution in [3.63, 3.8) is 0 Å². The highest BCUT2D eigenvalue weighted by Gasteiger charge is 2.29. The first-order valence-corrected chi connectivity index (χ1v) is 13.2. The lowest BCUT2D eigenvalue weighted by atomic mass is 9.87. The van der Waals surface area contributed by atoms with Gasteiger partial charge in [-0.2, -0.15) is 0 Å². The zero-order chi connectivity index (χ0) is 24.8. The number of fused-ring (bicyclic) bond motifs is 1. The lowest BCUT2D eigenvalue weighted by molar-refractivity contribution is -0.120. The van der Waals surface area contributed by atoms with Crippen molar-refractivity contribution < 1.29 is 13.6 Å². The Bertz CT molecular complexity index is 972. The summed E-state index contributed by atoms with van der Waals surface area (Å²) >= 11 is 0. The highest BCUT2D eigenvalue weighted by molar-refractivity contribution is 5.96. The van der Waals surface area contributed by atoms with Crippen LogP contribution in [0.4, 0.5) is 14.5 Å². The molecule has 4 rings (SSSR count). The van der Waals surface area contributed by atoms with Gasteiger partial charge in [-0.3, -0.25) is 9.69 Å². The van der Waals surface area contributed by atoms with Gasteiger partial charge in [-0.15, -0.1) is 0 Å². The van der Waals surface area contributed by atoms with E-state index in [-0.39, 0.29) is 23.5 Å². The second-order valence-electron chi connectivity index (χ2n) is 10.3. The Kier molecular flexibility index (Phi) is 8.90. The molecule has 0 spiro atoms. The topological polar surface area (TPSA) is 26.8 Å². The molecule has 4 nitrogen and oxygen atoms in total. The molecule has 1 amide bonds. The number of amides is 1. The summed E-state index contributed by atoms with van der Waals surface area (Å²) in [6.45, 7) is 7.33. The largest absolute Gasteiger partial charge is 0.311 e. The van der Waals surface area contributed by atoms with Gasteiger partial charge in [0.2, 0.25) is 5.91 Å². The summed E-state index contributed by atoms with van der Waals surface area (Å²) in [4.78, 5) is 19.9. The molecule has 190 valence electrons. The number of likely N-dealkylation sites (tertiary alicyclic amines) is 1. The van der Waals surface area contributed by atoms with E-state index in [1.165, 1.54) is 37.1 Å². The SMILES string of the molecule is CCCN(C)CCC1CCN(CC(=O)N2CCCC(c3ccc(F)cc3)c3ccc(F)cc32)CC1. The van der Waals surface area contributed by atoms with Crippen molar-refractivity contribution in [2.24, 2.45) is 5.92 Å². The number of piperidine rings is 1. The maximum absolute atomic E-state index is 14.3. The second kappa shape index (κ2) is 12.1. The van der Waals surface area contributed by atoms with Crippen LogP contribution in [0.25, 0.3) is 0 Å². The standard InChI is InChI=1S/C29H39F2N3O/c1-3-15-32(2)17-12-22-13-18-33(19-14-22)21-29(35)34-16-4-5-26(23-6-8-24(30)9-7-23)27-11-10-25(31)20-28(27)34/h6-11,20,22,26H,3-5,12-19,21H2,1-2H3. The van der Waals surface area contributed by atoms with Crippen molar-refractivity contribution >= 4 is 11.6 Å². The van der Waals surface area contributed by atoms with Crippen LogP contribution in [0.1, 0.15) is 62.5 Å². The van der Waals surface area contributed by atoms with Crippen molar-refractivity contribution in [2.75, 3.05) is 51.2 Å². The first-order valence-electron chi connectivity index (χ1n) is 13.2. The molecule has 2 aromatic carbocycles. The molecule has 1 unspecified atom stereocenters. The van der Waals surface area contributed by atoms with E-state index in [9.17, 15) is 13.6 Å². The molecule has 0 bridgehead atoms. The van der Waals surface area contributed by atoms with E-state index in [4.69, 9.17) is 0 Å². The van der Waals surface area contributed by atoms with Gasteiger partial charge in [0.25, 0.3) is 0 Å². The Morgan fingerprint density at radius 2 is 1.69 bits per heavy atom. The maximum Gasteiger partial charge on any atom is 0.241 e. The van der Waals surface area contributed by atoms with Crippen LogP contribution in [0, 0.1) is 17.6 Å². The highest BCUT2D eigenvalue weighted by atomic mass is 19.1. The molecule has 2 aliphatic rings. The molecule has 2 aliphatic heterocycles. The lowest BCUT2D eigenvalue weighted by Crippen LogP contribution is -2.44. The van der Waals surface area contributed by atoms with E-state index in [0.29, 0.717) is 18.8 Å². The van der Waals surface area contributed by atoms with Gasteiger partial charge in [-0.25, -0.2) is 8.78 Å². The van der Waals surface area contributed by atoms with Crippen molar-refractivity contribution in [3.8, 4) is 0 Å². The van der Waals surface area contributed by atoms with Crippen LogP contribution in [0.2, 0.25) is 0 Å². The quantitative estimate of drug-likeness (QED) is 0.484. The van der Waals surface area contributed by atoms with Crippen molar-refractivity contribution in [1.29, 1.82) is 0 Å². The molecule has 1 saturated heterocycles. The molecular weight excluding hydrogens is 444 g/mol. The third-order valence-corrected chi connectivity index (χ3v) is 7.70. The average Bonchev–Trinajstić information content (AvgIpc) is 3.04. The van der Waals surface area contributed by atoms with Gasteiger partial charge in [0.1, 0.15) is 11.6 Å². The van der Waals surface area contributed by atoms with Crippen molar-refractivity contribution in [3.05, 3.63) is 65.2 Å². The maximum atomic E-state index is 14.3. The smallest absolute Gasteiger partial charge is 0.241 e. The molecular formula is C29H39F2N3O. The van der Waals surface area contributed by atoms with E-state index in [1.807, 2.05) is 0 Å². The van der Waals surface area contributed by atoms with Gasteiger partial charge in [-0.1, -0.05) is 25.1 Å². The minimum absolute atomic E-state index is 0.0191. The number of hydrogen-bond donors (Lipinski definition) is 0. The fourth-order valence-corrected chi connectivity index (χ4v) is 5.68. The number of carbonyl (C=O) groups is 1. The molecule has 0 radical (unpaired) electrons. The Morgan fingerprint density at radius 1 is 0.971 bits per heavy atom. The average molecular weight is 484 g/mol. The lowest BCUT2D eigenvalue weighted by Gasteiger charge is -2.34. The fourth-order valence-electron chi connectivity index (χ4n) is 5.68. The zero-order valence-corrected chi connectivity index (χ0v) is 21.2. The summed E-state index contributed by atoms with van der Waals surface area (Å²) in [5.41, 5.74) is 2.61. The van der Waals surface area contributed by atoms with Crippen LogP contribution in [0.15, 0.2) is 42.5 Å². The monoisotopic (exact) mass is 483 g/mol. The molecule has 2 aromatic rings. The van der Waals surface area contributed by atoms with Gasteiger partial charge in [-0.05, 0) is 113 Å². The van der Waals surface area contributed by atoms with Gasteiger partial charge in [0.15, 0.2) is 0 Å². The van der Waals surface area contributed by atoms with Crippen molar-refractivity contribution in [2.45, 2.75) is 51.4 Å². The first kappa shape index (κ1) is 25.8. The number of hydrogen-bond acceptors (Lipinski definition) is 3. The summed E-state index contributed by atoms with van der Waals surface area (Å²) in [6, 6.07) is 11.3. The summed E-state index contributed by atoms with van der Waals surface area (Å²) < 4.78 is 27.8. The van der Waals surface area contributed by atoms with Crippen LogP contribution >= 0.6 is 0 Å². The highest BCUT2D eigenvalue weighted by Crippen LogP contribution is 2.39. The number of benzene rings is 2. The van der Waals surface area contributed by atoms with E-state index >= 15 is 0 Å². The molecule has 2 heterocycles. The molecule has 0 aliphatic carbocycles. The molecule has 0 aromatic heterocycles. The summed E-state index contributed by atoms with van der Waals surface area (Å²) in [7, 11) is 2.19.